The molecule has 1 aromatic carbocycles. The first-order valence-corrected chi connectivity index (χ1v) is 7.31. The van der Waals surface area contributed by atoms with Crippen LogP contribution in [-0.4, -0.2) is 9.97 Å². The fourth-order valence-corrected chi connectivity index (χ4v) is 2.95. The minimum Gasteiger partial charge on any atom is -0.395 e. The summed E-state index contributed by atoms with van der Waals surface area (Å²) in [5.74, 6) is 0. The lowest BCUT2D eigenvalue weighted by Crippen LogP contribution is -1.93. The summed E-state index contributed by atoms with van der Waals surface area (Å²) in [6.07, 6.45) is 3.51. The van der Waals surface area contributed by atoms with Gasteiger partial charge in [-0.05, 0) is 40.5 Å². The first kappa shape index (κ1) is 13.9. The summed E-state index contributed by atoms with van der Waals surface area (Å²) >= 11 is 9.58. The molecule has 0 unspecified atom stereocenters. The number of nitrogens with one attached hydrogen (secondary N) is 1. The van der Waals surface area contributed by atoms with Crippen molar-refractivity contribution in [3.8, 4) is 17.2 Å². The Morgan fingerprint density at radius 3 is 2.86 bits per heavy atom. The Morgan fingerprint density at radius 1 is 1.38 bits per heavy atom. The maximum absolute atomic E-state index is 9.19. The van der Waals surface area contributed by atoms with E-state index in [1.165, 1.54) is 0 Å². The van der Waals surface area contributed by atoms with Gasteiger partial charge >= 0.3 is 0 Å². The highest BCUT2D eigenvalue weighted by molar-refractivity contribution is 9.10. The van der Waals surface area contributed by atoms with Crippen molar-refractivity contribution >= 4 is 44.1 Å². The molecule has 0 aliphatic heterocycles. The molecule has 0 spiro atoms. The molecule has 0 aliphatic rings. The predicted octanol–water partition coefficient (Wildman–Crippen LogP) is 4.41. The molecule has 104 valence electrons. The number of nitrogen functional groups attached to an aromatic ring is 1. The number of anilines is 1. The summed E-state index contributed by atoms with van der Waals surface area (Å²) in [7, 11) is 0. The van der Waals surface area contributed by atoms with Gasteiger partial charge in [-0.1, -0.05) is 11.6 Å². The van der Waals surface area contributed by atoms with Crippen molar-refractivity contribution < 1.29 is 0 Å². The first-order valence-electron chi connectivity index (χ1n) is 6.14. The highest BCUT2D eigenvalue weighted by atomic mass is 79.9. The molecule has 2 aromatic heterocycles. The van der Waals surface area contributed by atoms with Crippen LogP contribution in [0.15, 0.2) is 29.1 Å². The fourth-order valence-electron chi connectivity index (χ4n) is 2.29. The largest absolute Gasteiger partial charge is 0.395 e. The Bertz CT molecular complexity index is 908. The first-order chi connectivity index (χ1) is 10.0. The zero-order chi connectivity index (χ0) is 15.1. The van der Waals surface area contributed by atoms with Gasteiger partial charge in [-0.2, -0.15) is 5.26 Å². The van der Waals surface area contributed by atoms with Crippen LogP contribution in [0.3, 0.4) is 0 Å². The van der Waals surface area contributed by atoms with Gasteiger partial charge in [0.1, 0.15) is 4.60 Å². The van der Waals surface area contributed by atoms with Crippen LogP contribution in [0, 0.1) is 18.3 Å². The minimum atomic E-state index is 0.399. The number of aromatic amines is 1. The van der Waals surface area contributed by atoms with Crippen LogP contribution >= 0.6 is 27.5 Å². The SMILES string of the molecule is Cc1cc2[nH]cc(-c3cnc(Br)c(N)c3Cl)c2cc1C#N. The van der Waals surface area contributed by atoms with E-state index in [9.17, 15) is 5.26 Å². The number of aryl methyl sites for hydroxylation is 1. The molecule has 0 radical (unpaired) electrons. The van der Waals surface area contributed by atoms with E-state index in [1.54, 1.807) is 6.20 Å². The number of nitrogens with two attached hydrogens (primary N) is 1. The minimum absolute atomic E-state index is 0.399. The number of nitrogens with zero attached hydrogens (tertiary/aromatic N) is 2. The van der Waals surface area contributed by atoms with Crippen molar-refractivity contribution in [2.24, 2.45) is 0 Å². The summed E-state index contributed by atoms with van der Waals surface area (Å²) in [6, 6.07) is 5.99. The van der Waals surface area contributed by atoms with Crippen molar-refractivity contribution in [2.75, 3.05) is 5.73 Å². The number of benzene rings is 1. The van der Waals surface area contributed by atoms with Crippen LogP contribution in [0.2, 0.25) is 5.02 Å². The molecule has 2 heterocycles. The summed E-state index contributed by atoms with van der Waals surface area (Å²) < 4.78 is 0.518. The molecule has 0 atom stereocenters. The zero-order valence-corrected chi connectivity index (χ0v) is 13.4. The molecule has 0 amide bonds. The summed E-state index contributed by atoms with van der Waals surface area (Å²) in [4.78, 5) is 7.38. The highest BCUT2D eigenvalue weighted by Crippen LogP contribution is 2.38. The molecule has 0 fully saturated rings. The van der Waals surface area contributed by atoms with Crippen molar-refractivity contribution in [1.82, 2.24) is 9.97 Å². The molecule has 21 heavy (non-hydrogen) atoms. The molecule has 3 rings (SSSR count). The molecule has 0 aliphatic carbocycles. The number of halogens is 2. The molecule has 0 saturated heterocycles. The van der Waals surface area contributed by atoms with Gasteiger partial charge in [-0.25, -0.2) is 4.98 Å². The molecule has 6 heteroatoms. The summed E-state index contributed by atoms with van der Waals surface area (Å²) in [6.45, 7) is 1.91. The molecule has 4 nitrogen and oxygen atoms in total. The second-order valence-corrected chi connectivity index (χ2v) is 5.85. The number of rotatable bonds is 1. The van der Waals surface area contributed by atoms with Crippen LogP contribution in [0.1, 0.15) is 11.1 Å². The number of hydrogen-bond donors (Lipinski definition) is 2. The Hall–Kier alpha value is -2.03. The molecule has 0 bridgehead atoms. The van der Waals surface area contributed by atoms with Crippen LogP contribution in [0.4, 0.5) is 5.69 Å². The number of nitriles is 1. The normalized spacial score (nSPS) is 10.8. The molecule has 3 N–H and O–H groups in total. The number of fused-ring (bicyclic) bond motifs is 1. The van der Waals surface area contributed by atoms with Gasteiger partial charge in [0.25, 0.3) is 0 Å². The second kappa shape index (κ2) is 5.06. The van der Waals surface area contributed by atoms with E-state index in [-0.39, 0.29) is 0 Å². The second-order valence-electron chi connectivity index (χ2n) is 4.72. The van der Waals surface area contributed by atoms with E-state index in [1.807, 2.05) is 25.3 Å². The zero-order valence-electron chi connectivity index (χ0n) is 11.0. The predicted molar refractivity (Wildman–Crippen MR) is 88.1 cm³/mol. The molecule has 0 saturated carbocycles. The topological polar surface area (TPSA) is 78.5 Å². The lowest BCUT2D eigenvalue weighted by atomic mass is 10.0. The smallest absolute Gasteiger partial charge is 0.130 e. The molecule has 3 aromatic rings. The lowest BCUT2D eigenvalue weighted by Gasteiger charge is -2.07. The monoisotopic (exact) mass is 360 g/mol. The van der Waals surface area contributed by atoms with Crippen molar-refractivity contribution in [1.29, 1.82) is 5.26 Å². The van der Waals surface area contributed by atoms with Gasteiger partial charge in [-0.3, -0.25) is 0 Å². The molecular formula is C15H10BrClN4. The summed E-state index contributed by atoms with van der Waals surface area (Å²) in [5.41, 5.74) is 10.4. The Balaban J connectivity index is 2.32. The van der Waals surface area contributed by atoms with E-state index in [0.29, 0.717) is 20.9 Å². The maximum Gasteiger partial charge on any atom is 0.130 e. The standard InChI is InChI=1S/C15H10BrClN4/c1-7-2-12-9(3-8(7)4-18)10(5-20-12)11-6-21-15(16)14(19)13(11)17/h2-3,5-6,20H,19H2,1H3. The summed E-state index contributed by atoms with van der Waals surface area (Å²) in [5, 5.41) is 10.5. The van der Waals surface area contributed by atoms with Crippen LogP contribution in [0.25, 0.3) is 22.0 Å². The van der Waals surface area contributed by atoms with E-state index < -0.39 is 0 Å². The van der Waals surface area contributed by atoms with Gasteiger partial charge in [0, 0.05) is 34.4 Å². The van der Waals surface area contributed by atoms with Crippen LogP contribution < -0.4 is 5.73 Å². The molecular weight excluding hydrogens is 352 g/mol. The average molecular weight is 362 g/mol. The fraction of sp³-hybridized carbons (Fsp3) is 0.0667. The van der Waals surface area contributed by atoms with E-state index >= 15 is 0 Å². The van der Waals surface area contributed by atoms with Gasteiger partial charge < -0.3 is 10.7 Å². The number of H-pyrrole nitrogens is 1. The van der Waals surface area contributed by atoms with E-state index in [2.05, 4.69) is 32.0 Å². The van der Waals surface area contributed by atoms with Crippen molar-refractivity contribution in [2.45, 2.75) is 6.92 Å². The number of pyridine rings is 1. The Kier molecular flexibility index (Phi) is 3.36. The van der Waals surface area contributed by atoms with Gasteiger partial charge in [-0.15, -0.1) is 0 Å². The van der Waals surface area contributed by atoms with Gasteiger partial charge in [0.2, 0.25) is 0 Å². The quantitative estimate of drug-likeness (QED) is 0.630. The van der Waals surface area contributed by atoms with E-state index in [0.717, 1.165) is 27.6 Å². The number of hydrogen-bond acceptors (Lipinski definition) is 3. The lowest BCUT2D eigenvalue weighted by molar-refractivity contribution is 1.28. The Morgan fingerprint density at radius 2 is 2.14 bits per heavy atom. The van der Waals surface area contributed by atoms with E-state index in [4.69, 9.17) is 17.3 Å². The third-order valence-electron chi connectivity index (χ3n) is 3.44. The Labute approximate surface area is 134 Å². The third kappa shape index (κ3) is 2.17. The van der Waals surface area contributed by atoms with Crippen molar-refractivity contribution in [3.05, 3.63) is 45.3 Å². The van der Waals surface area contributed by atoms with Crippen molar-refractivity contribution in [3.63, 3.8) is 0 Å². The van der Waals surface area contributed by atoms with Crippen LogP contribution in [-0.2, 0) is 0 Å². The van der Waals surface area contributed by atoms with Crippen LogP contribution in [0.5, 0.6) is 0 Å². The number of aromatic nitrogens is 2. The third-order valence-corrected chi connectivity index (χ3v) is 4.48. The van der Waals surface area contributed by atoms with Gasteiger partial charge in [0.15, 0.2) is 0 Å². The maximum atomic E-state index is 9.19. The highest BCUT2D eigenvalue weighted by Gasteiger charge is 2.15. The van der Waals surface area contributed by atoms with Gasteiger partial charge in [0.05, 0.1) is 22.3 Å². The average Bonchev–Trinajstić information content (AvgIpc) is 2.86.